The summed E-state index contributed by atoms with van der Waals surface area (Å²) in [6.45, 7) is 6.07. The van der Waals surface area contributed by atoms with Gasteiger partial charge in [0.05, 0.1) is 12.1 Å². The van der Waals surface area contributed by atoms with Crippen molar-refractivity contribution < 1.29 is 9.32 Å². The van der Waals surface area contributed by atoms with Gasteiger partial charge in [-0.2, -0.15) is 0 Å². The first-order valence-corrected chi connectivity index (χ1v) is 4.42. The Hall–Kier alpha value is -0.830. The van der Waals surface area contributed by atoms with E-state index in [4.69, 9.17) is 16.1 Å². The third kappa shape index (κ3) is 2.84. The molecule has 1 heterocycles. The molecule has 13 heavy (non-hydrogen) atoms. The molecule has 0 aromatic carbocycles. The number of hydrogen-bond donors (Lipinski definition) is 0. The molecule has 3 nitrogen and oxygen atoms in total. The lowest BCUT2D eigenvalue weighted by molar-refractivity contribution is -0.111. The van der Waals surface area contributed by atoms with Crippen LogP contribution in [0.1, 0.15) is 32.2 Å². The molecule has 0 radical (unpaired) electrons. The molecule has 1 aromatic heterocycles. The maximum atomic E-state index is 10.5. The Morgan fingerprint density at radius 3 is 2.62 bits per heavy atom. The van der Waals surface area contributed by atoms with E-state index in [0.717, 1.165) is 5.69 Å². The predicted octanol–water partition coefficient (Wildman–Crippen LogP) is 2.28. The number of aromatic nitrogens is 1. The van der Waals surface area contributed by atoms with Crippen LogP contribution in [0.4, 0.5) is 0 Å². The first kappa shape index (κ1) is 10.3. The zero-order valence-electron chi connectivity index (χ0n) is 7.93. The summed E-state index contributed by atoms with van der Waals surface area (Å²) in [4.78, 5) is 10.5. The van der Waals surface area contributed by atoms with Gasteiger partial charge in [0.1, 0.15) is 5.76 Å². The van der Waals surface area contributed by atoms with E-state index < -0.39 is 5.24 Å². The van der Waals surface area contributed by atoms with Crippen LogP contribution < -0.4 is 0 Å². The van der Waals surface area contributed by atoms with Crippen molar-refractivity contribution in [2.45, 2.75) is 32.6 Å². The van der Waals surface area contributed by atoms with Gasteiger partial charge in [0, 0.05) is 11.5 Å². The summed E-state index contributed by atoms with van der Waals surface area (Å²) < 4.78 is 4.95. The monoisotopic (exact) mass is 201 g/mol. The molecule has 0 aliphatic carbocycles. The van der Waals surface area contributed by atoms with Crippen molar-refractivity contribution in [3.05, 3.63) is 17.5 Å². The van der Waals surface area contributed by atoms with Crippen LogP contribution in [0.3, 0.4) is 0 Å². The largest absolute Gasteiger partial charge is 0.361 e. The first-order valence-electron chi connectivity index (χ1n) is 4.04. The molecule has 1 rings (SSSR count). The number of nitrogens with zero attached hydrogens (tertiary/aromatic N) is 1. The summed E-state index contributed by atoms with van der Waals surface area (Å²) in [6.07, 6.45) is 0.102. The highest BCUT2D eigenvalue weighted by Crippen LogP contribution is 2.21. The van der Waals surface area contributed by atoms with Crippen LogP contribution in [0.15, 0.2) is 10.6 Å². The fourth-order valence-electron chi connectivity index (χ4n) is 0.887. The van der Waals surface area contributed by atoms with Crippen molar-refractivity contribution in [2.24, 2.45) is 0 Å². The molecule has 0 aliphatic rings. The minimum Gasteiger partial charge on any atom is -0.361 e. The smallest absolute Gasteiger partial charge is 0.229 e. The zero-order chi connectivity index (χ0) is 10.1. The minimum atomic E-state index is -0.434. The lowest BCUT2D eigenvalue weighted by Gasteiger charge is -2.12. The van der Waals surface area contributed by atoms with E-state index in [-0.39, 0.29) is 11.8 Å². The summed E-state index contributed by atoms with van der Waals surface area (Å²) in [6, 6.07) is 1.76. The van der Waals surface area contributed by atoms with E-state index in [0.29, 0.717) is 5.76 Å². The summed E-state index contributed by atoms with van der Waals surface area (Å²) in [5.41, 5.74) is 0.775. The summed E-state index contributed by atoms with van der Waals surface area (Å²) in [5, 5.41) is 3.42. The molecule has 0 saturated heterocycles. The third-order valence-corrected chi connectivity index (χ3v) is 1.77. The Morgan fingerprint density at radius 1 is 1.62 bits per heavy atom. The van der Waals surface area contributed by atoms with Crippen molar-refractivity contribution in [3.8, 4) is 0 Å². The number of halogens is 1. The van der Waals surface area contributed by atoms with Gasteiger partial charge in [-0.1, -0.05) is 25.9 Å². The molecule has 0 unspecified atom stereocenters. The van der Waals surface area contributed by atoms with Crippen LogP contribution in [-0.4, -0.2) is 10.4 Å². The van der Waals surface area contributed by atoms with Gasteiger partial charge >= 0.3 is 0 Å². The highest BCUT2D eigenvalue weighted by atomic mass is 35.5. The van der Waals surface area contributed by atoms with Crippen molar-refractivity contribution in [1.29, 1.82) is 0 Å². The average molecular weight is 202 g/mol. The highest BCUT2D eigenvalue weighted by molar-refractivity contribution is 6.63. The molecule has 1 aromatic rings. The van der Waals surface area contributed by atoms with Crippen molar-refractivity contribution in [3.63, 3.8) is 0 Å². The summed E-state index contributed by atoms with van der Waals surface area (Å²) in [7, 11) is 0. The fraction of sp³-hybridized carbons (Fsp3) is 0.556. The zero-order valence-corrected chi connectivity index (χ0v) is 8.68. The molecule has 0 spiro atoms. The second-order valence-electron chi connectivity index (χ2n) is 3.96. The molecule has 4 heteroatoms. The van der Waals surface area contributed by atoms with Crippen molar-refractivity contribution in [2.75, 3.05) is 0 Å². The van der Waals surface area contributed by atoms with Crippen molar-refractivity contribution >= 4 is 16.8 Å². The quantitative estimate of drug-likeness (QED) is 0.690. The molecule has 0 bridgehead atoms. The Labute approximate surface area is 82.1 Å². The van der Waals surface area contributed by atoms with E-state index in [1.54, 1.807) is 6.07 Å². The molecule has 0 amide bonds. The van der Waals surface area contributed by atoms with Crippen LogP contribution in [0.25, 0.3) is 0 Å². The van der Waals surface area contributed by atoms with Crippen LogP contribution in [0, 0.1) is 0 Å². The Bertz CT molecular complexity index is 312. The molecule has 72 valence electrons. The Balaban J connectivity index is 2.81. The second-order valence-corrected chi connectivity index (χ2v) is 4.38. The number of carbonyl (C=O) groups is 1. The van der Waals surface area contributed by atoms with Gasteiger partial charge in [0.15, 0.2) is 0 Å². The second kappa shape index (κ2) is 3.50. The van der Waals surface area contributed by atoms with E-state index in [1.807, 2.05) is 20.8 Å². The van der Waals surface area contributed by atoms with Crippen LogP contribution in [0.2, 0.25) is 0 Å². The topological polar surface area (TPSA) is 43.1 Å². The van der Waals surface area contributed by atoms with Gasteiger partial charge in [-0.25, -0.2) is 0 Å². The van der Waals surface area contributed by atoms with E-state index in [2.05, 4.69) is 5.16 Å². The lowest BCUT2D eigenvalue weighted by Crippen LogP contribution is -2.11. The van der Waals surface area contributed by atoms with Crippen LogP contribution >= 0.6 is 11.6 Å². The molecule has 0 atom stereocenters. The standard InChI is InChI=1S/C9H12ClNO2/c1-9(2,3)7-4-6(13-11-7)5-8(10)12/h4H,5H2,1-3H3. The van der Waals surface area contributed by atoms with E-state index in [9.17, 15) is 4.79 Å². The lowest BCUT2D eigenvalue weighted by atomic mass is 9.92. The molecule has 0 N–H and O–H groups in total. The molecular weight excluding hydrogens is 190 g/mol. The number of carbonyl (C=O) groups excluding carboxylic acids is 1. The highest BCUT2D eigenvalue weighted by Gasteiger charge is 2.19. The fourth-order valence-corrected chi connectivity index (χ4v) is 1.02. The summed E-state index contributed by atoms with van der Waals surface area (Å²) in [5.74, 6) is 0.518. The predicted molar refractivity (Wildman–Crippen MR) is 49.8 cm³/mol. The SMILES string of the molecule is CC(C)(C)c1cc(CC(=O)Cl)on1. The Kier molecular flexibility index (Phi) is 2.76. The van der Waals surface area contributed by atoms with Crippen LogP contribution in [-0.2, 0) is 16.6 Å². The van der Waals surface area contributed by atoms with Gasteiger partial charge in [0.2, 0.25) is 5.24 Å². The van der Waals surface area contributed by atoms with Crippen molar-refractivity contribution in [1.82, 2.24) is 5.16 Å². The number of rotatable bonds is 2. The van der Waals surface area contributed by atoms with E-state index in [1.165, 1.54) is 0 Å². The minimum absolute atomic E-state index is 0.0584. The normalized spacial score (nSPS) is 11.7. The third-order valence-electron chi connectivity index (χ3n) is 1.64. The summed E-state index contributed by atoms with van der Waals surface area (Å²) >= 11 is 5.21. The average Bonchev–Trinajstić information content (AvgIpc) is 2.32. The molecule has 0 fully saturated rings. The van der Waals surface area contributed by atoms with Gasteiger partial charge in [-0.05, 0) is 11.6 Å². The molecule has 0 saturated carbocycles. The van der Waals surface area contributed by atoms with E-state index >= 15 is 0 Å². The van der Waals surface area contributed by atoms with Gasteiger partial charge in [-0.3, -0.25) is 4.79 Å². The maximum Gasteiger partial charge on any atom is 0.229 e. The molecular formula is C9H12ClNO2. The number of hydrogen-bond acceptors (Lipinski definition) is 3. The van der Waals surface area contributed by atoms with Gasteiger partial charge in [-0.15, -0.1) is 0 Å². The Morgan fingerprint density at radius 2 is 2.23 bits per heavy atom. The van der Waals surface area contributed by atoms with Gasteiger partial charge in [0.25, 0.3) is 0 Å². The first-order chi connectivity index (χ1) is 5.89. The molecule has 0 aliphatic heterocycles. The maximum absolute atomic E-state index is 10.5. The van der Waals surface area contributed by atoms with Gasteiger partial charge < -0.3 is 4.52 Å². The van der Waals surface area contributed by atoms with Crippen LogP contribution in [0.5, 0.6) is 0 Å².